The van der Waals surface area contributed by atoms with Gasteiger partial charge in [-0.25, -0.2) is 5.43 Å². The Hall–Kier alpha value is -4.91. The van der Waals surface area contributed by atoms with Crippen molar-refractivity contribution in [3.8, 4) is 28.6 Å². The van der Waals surface area contributed by atoms with Gasteiger partial charge in [0.25, 0.3) is 11.6 Å². The summed E-state index contributed by atoms with van der Waals surface area (Å²) in [5.74, 6) is 1.08. The predicted octanol–water partition coefficient (Wildman–Crippen LogP) is 4.33. The van der Waals surface area contributed by atoms with Crippen LogP contribution in [-0.2, 0) is 7.05 Å². The molecule has 13 heteroatoms. The summed E-state index contributed by atoms with van der Waals surface area (Å²) in [5.41, 5.74) is 3.78. The van der Waals surface area contributed by atoms with E-state index < -0.39 is 10.8 Å². The van der Waals surface area contributed by atoms with E-state index in [1.807, 2.05) is 30.3 Å². The molecule has 0 spiro atoms. The Morgan fingerprint density at radius 1 is 1.03 bits per heavy atom. The summed E-state index contributed by atoms with van der Waals surface area (Å²) in [4.78, 5) is 24.4. The van der Waals surface area contributed by atoms with Gasteiger partial charge >= 0.3 is 0 Å². The molecule has 0 fully saturated rings. The summed E-state index contributed by atoms with van der Waals surface area (Å²) in [6.45, 7) is 0. The van der Waals surface area contributed by atoms with E-state index in [1.165, 1.54) is 45.7 Å². The molecule has 0 atom stereocenters. The number of carbonyl (C=O) groups is 1. The molecule has 0 saturated carbocycles. The lowest BCUT2D eigenvalue weighted by Gasteiger charge is -2.13. The van der Waals surface area contributed by atoms with Crippen molar-refractivity contribution in [1.82, 2.24) is 20.2 Å². The van der Waals surface area contributed by atoms with Crippen LogP contribution >= 0.6 is 11.8 Å². The number of nitro groups is 1. The van der Waals surface area contributed by atoms with Crippen molar-refractivity contribution in [2.45, 2.75) is 10.1 Å². The van der Waals surface area contributed by atoms with Gasteiger partial charge in [0.15, 0.2) is 22.5 Å². The average Bonchev–Trinajstić information content (AvgIpc) is 3.32. The highest BCUT2D eigenvalue weighted by molar-refractivity contribution is 7.99. The van der Waals surface area contributed by atoms with Crippen molar-refractivity contribution in [1.29, 1.82) is 0 Å². The van der Waals surface area contributed by atoms with Crippen molar-refractivity contribution >= 4 is 29.6 Å². The fourth-order valence-electron chi connectivity index (χ4n) is 3.63. The fraction of sp³-hybridized carbons (Fsp3) is 0.154. The molecule has 1 N–H and O–H groups in total. The lowest BCUT2D eigenvalue weighted by atomic mass is 10.1. The van der Waals surface area contributed by atoms with Gasteiger partial charge in [-0.3, -0.25) is 14.9 Å². The second kappa shape index (κ2) is 12.1. The summed E-state index contributed by atoms with van der Waals surface area (Å²) in [7, 11) is 6.15. The third-order valence-electron chi connectivity index (χ3n) is 5.55. The second-order valence-corrected chi connectivity index (χ2v) is 8.94. The van der Waals surface area contributed by atoms with Crippen LogP contribution in [0.2, 0.25) is 0 Å². The van der Waals surface area contributed by atoms with Gasteiger partial charge in [0.05, 0.1) is 37.4 Å². The number of amides is 1. The Balaban J connectivity index is 1.51. The first-order valence-corrected chi connectivity index (χ1v) is 12.2. The van der Waals surface area contributed by atoms with E-state index in [1.54, 1.807) is 23.7 Å². The number of carbonyl (C=O) groups excluding carboxylic acids is 1. The molecule has 0 unspecified atom stereocenters. The zero-order valence-corrected chi connectivity index (χ0v) is 22.3. The van der Waals surface area contributed by atoms with Crippen LogP contribution in [0.15, 0.2) is 75.8 Å². The molecule has 12 nitrogen and oxygen atoms in total. The van der Waals surface area contributed by atoms with Gasteiger partial charge in [0, 0.05) is 29.8 Å². The van der Waals surface area contributed by atoms with Crippen LogP contribution in [0.3, 0.4) is 0 Å². The van der Waals surface area contributed by atoms with Crippen LogP contribution in [0.4, 0.5) is 5.69 Å². The van der Waals surface area contributed by atoms with Gasteiger partial charge in [0.1, 0.15) is 0 Å². The van der Waals surface area contributed by atoms with Gasteiger partial charge in [0.2, 0.25) is 5.75 Å². The molecule has 0 aliphatic heterocycles. The number of hydrogen-bond acceptors (Lipinski definition) is 10. The molecule has 0 saturated heterocycles. The maximum atomic E-state index is 12.6. The zero-order chi connectivity index (χ0) is 27.9. The zero-order valence-electron chi connectivity index (χ0n) is 21.4. The minimum Gasteiger partial charge on any atom is -0.493 e. The number of nitrogens with one attached hydrogen (secondary N) is 1. The van der Waals surface area contributed by atoms with Crippen LogP contribution in [0.1, 0.15) is 15.9 Å². The number of ether oxygens (including phenoxy) is 3. The normalized spacial score (nSPS) is 10.9. The molecular formula is C26H24N6O6S. The molecule has 39 heavy (non-hydrogen) atoms. The number of rotatable bonds is 10. The molecule has 1 aromatic heterocycles. The van der Waals surface area contributed by atoms with Crippen LogP contribution < -0.4 is 19.6 Å². The van der Waals surface area contributed by atoms with Gasteiger partial charge in [-0.05, 0) is 30.0 Å². The number of aromatic nitrogens is 3. The maximum absolute atomic E-state index is 12.6. The molecule has 200 valence electrons. The van der Waals surface area contributed by atoms with Crippen LogP contribution in [0.25, 0.3) is 11.4 Å². The number of hydrazone groups is 1. The summed E-state index contributed by atoms with van der Waals surface area (Å²) < 4.78 is 17.6. The molecule has 0 bridgehead atoms. The molecule has 3 aromatic carbocycles. The predicted molar refractivity (Wildman–Crippen MR) is 145 cm³/mol. The van der Waals surface area contributed by atoms with E-state index >= 15 is 0 Å². The molecule has 1 amide bonds. The highest BCUT2D eigenvalue weighted by Gasteiger charge is 2.20. The van der Waals surface area contributed by atoms with Gasteiger partial charge in [-0.15, -0.1) is 10.2 Å². The largest absolute Gasteiger partial charge is 0.493 e. The van der Waals surface area contributed by atoms with E-state index in [9.17, 15) is 14.9 Å². The molecule has 4 aromatic rings. The summed E-state index contributed by atoms with van der Waals surface area (Å²) in [5, 5.41) is 24.7. The highest BCUT2D eigenvalue weighted by Crippen LogP contribution is 2.38. The van der Waals surface area contributed by atoms with E-state index in [4.69, 9.17) is 14.2 Å². The first kappa shape index (κ1) is 27.1. The number of hydrogen-bond donors (Lipinski definition) is 1. The lowest BCUT2D eigenvalue weighted by Crippen LogP contribution is -2.18. The number of benzene rings is 3. The Bertz CT molecular complexity index is 1510. The summed E-state index contributed by atoms with van der Waals surface area (Å²) in [6, 6.07) is 17.1. The van der Waals surface area contributed by atoms with Gasteiger partial charge < -0.3 is 18.8 Å². The third kappa shape index (κ3) is 5.99. The second-order valence-electron chi connectivity index (χ2n) is 7.93. The van der Waals surface area contributed by atoms with Crippen molar-refractivity contribution in [3.63, 3.8) is 0 Å². The molecule has 1 heterocycles. The quantitative estimate of drug-likeness (QED) is 0.174. The van der Waals surface area contributed by atoms with E-state index in [-0.39, 0.29) is 11.3 Å². The third-order valence-corrected chi connectivity index (χ3v) is 6.66. The summed E-state index contributed by atoms with van der Waals surface area (Å²) in [6.07, 6.45) is 1.31. The SMILES string of the molecule is COc1cc(C(=O)N/N=C\c2ccc(Sc3nnc(-c4ccccc4)n3C)c([N+](=O)[O-])c2)cc(OC)c1OC. The Labute approximate surface area is 227 Å². The molecule has 4 rings (SSSR count). The Morgan fingerprint density at radius 3 is 2.33 bits per heavy atom. The van der Waals surface area contributed by atoms with E-state index in [0.717, 1.165) is 17.3 Å². The smallest absolute Gasteiger partial charge is 0.283 e. The molecule has 0 aliphatic rings. The molecule has 0 radical (unpaired) electrons. The summed E-state index contributed by atoms with van der Waals surface area (Å²) >= 11 is 1.13. The first-order valence-electron chi connectivity index (χ1n) is 11.4. The average molecular weight is 549 g/mol. The Kier molecular flexibility index (Phi) is 8.41. The number of methoxy groups -OCH3 is 3. The van der Waals surface area contributed by atoms with Crippen LogP contribution in [-0.4, -0.2) is 53.1 Å². The minimum absolute atomic E-state index is 0.135. The minimum atomic E-state index is -0.538. The van der Waals surface area contributed by atoms with Crippen molar-refractivity contribution in [2.75, 3.05) is 21.3 Å². The van der Waals surface area contributed by atoms with Crippen molar-refractivity contribution < 1.29 is 23.9 Å². The number of nitrogens with zero attached hydrogens (tertiary/aromatic N) is 5. The monoisotopic (exact) mass is 548 g/mol. The highest BCUT2D eigenvalue weighted by atomic mass is 32.2. The van der Waals surface area contributed by atoms with Gasteiger partial charge in [-0.1, -0.05) is 36.4 Å². The Morgan fingerprint density at radius 2 is 1.72 bits per heavy atom. The van der Waals surface area contributed by atoms with E-state index in [2.05, 4.69) is 20.7 Å². The number of nitro benzene ring substituents is 1. The van der Waals surface area contributed by atoms with E-state index in [0.29, 0.717) is 38.7 Å². The van der Waals surface area contributed by atoms with Crippen LogP contribution in [0.5, 0.6) is 17.2 Å². The molecular weight excluding hydrogens is 524 g/mol. The standard InChI is InChI=1S/C26H24N6O6S/c1-31-24(17-8-6-5-7-9-17)28-30-26(31)39-22-11-10-16(12-19(22)32(34)35)15-27-29-25(33)18-13-20(36-2)23(38-4)21(14-18)37-3/h5-15H,1-4H3,(H,29,33)/b27-15-. The topological polar surface area (TPSA) is 143 Å². The van der Waals surface area contributed by atoms with Crippen LogP contribution in [0, 0.1) is 10.1 Å². The van der Waals surface area contributed by atoms with Gasteiger partial charge in [-0.2, -0.15) is 5.10 Å². The van der Waals surface area contributed by atoms with Crippen molar-refractivity contribution in [3.05, 3.63) is 81.9 Å². The maximum Gasteiger partial charge on any atom is 0.283 e. The lowest BCUT2D eigenvalue weighted by molar-refractivity contribution is -0.387. The fourth-order valence-corrected chi connectivity index (χ4v) is 4.50. The molecule has 0 aliphatic carbocycles. The first-order chi connectivity index (χ1) is 18.9. The van der Waals surface area contributed by atoms with Crippen molar-refractivity contribution in [2.24, 2.45) is 12.1 Å².